The number of rotatable bonds is 5. The summed E-state index contributed by atoms with van der Waals surface area (Å²) in [4.78, 5) is 15.5. The lowest BCUT2D eigenvalue weighted by Gasteiger charge is -2.36. The van der Waals surface area contributed by atoms with Gasteiger partial charge in [-0.25, -0.2) is 8.42 Å². The third-order valence-corrected chi connectivity index (χ3v) is 9.11. The molecule has 2 heterocycles. The molecular weight excluding hydrogens is 510 g/mol. The van der Waals surface area contributed by atoms with Crippen LogP contribution >= 0.6 is 12.4 Å². The predicted octanol–water partition coefficient (Wildman–Crippen LogP) is 3.10. The first-order valence-corrected chi connectivity index (χ1v) is 13.7. The summed E-state index contributed by atoms with van der Waals surface area (Å²) in [6.45, 7) is 1.93. The molecule has 0 aliphatic carbocycles. The minimum Gasteiger partial charge on any atom is -0.370 e. The van der Waals surface area contributed by atoms with Gasteiger partial charge in [-0.2, -0.15) is 4.31 Å². The van der Waals surface area contributed by atoms with Crippen LogP contribution in [0.3, 0.4) is 0 Å². The average Bonchev–Trinajstić information content (AvgIpc) is 2.90. The molecule has 0 aromatic heterocycles. The summed E-state index contributed by atoms with van der Waals surface area (Å²) in [7, 11) is -3.93. The highest BCUT2D eigenvalue weighted by atomic mass is 35.5. The van der Waals surface area contributed by atoms with Crippen molar-refractivity contribution < 1.29 is 13.2 Å². The smallest absolute Gasteiger partial charge is 0.244 e. The lowest BCUT2D eigenvalue weighted by atomic mass is 9.94. The number of fused-ring (bicyclic) bond motifs is 2. The zero-order valence-corrected chi connectivity index (χ0v) is 22.1. The molecule has 2 aliphatic heterocycles. The SMILES string of the molecule is Cl.N=C(N)N1CCC[C@H](CNC(=O)[C@@H]2Cc3ccccc3CN2S(=O)(=O)c2ccc3ccccc3c2)C1. The third kappa shape index (κ3) is 5.58. The van der Waals surface area contributed by atoms with Crippen LogP contribution in [0.1, 0.15) is 24.0 Å². The van der Waals surface area contributed by atoms with Gasteiger partial charge in [0.2, 0.25) is 15.9 Å². The number of carbonyl (C=O) groups is 1. The number of piperidine rings is 1. The molecule has 0 saturated carbocycles. The Bertz CT molecular complexity index is 1410. The summed E-state index contributed by atoms with van der Waals surface area (Å²) < 4.78 is 29.1. The van der Waals surface area contributed by atoms with E-state index in [9.17, 15) is 13.2 Å². The van der Waals surface area contributed by atoms with E-state index >= 15 is 0 Å². The summed E-state index contributed by atoms with van der Waals surface area (Å²) in [6, 6.07) is 19.6. The zero-order valence-electron chi connectivity index (χ0n) is 20.5. The average molecular weight is 542 g/mol. The van der Waals surface area contributed by atoms with Crippen molar-refractivity contribution in [2.24, 2.45) is 11.7 Å². The van der Waals surface area contributed by atoms with Gasteiger partial charge in [0.25, 0.3) is 0 Å². The fourth-order valence-electron chi connectivity index (χ4n) is 5.25. The number of nitrogens with two attached hydrogens (primary N) is 1. The summed E-state index contributed by atoms with van der Waals surface area (Å²) in [5.41, 5.74) is 7.55. The first-order chi connectivity index (χ1) is 17.3. The van der Waals surface area contributed by atoms with Crippen molar-refractivity contribution in [2.45, 2.75) is 36.7 Å². The van der Waals surface area contributed by atoms with Crippen molar-refractivity contribution in [3.05, 3.63) is 77.9 Å². The number of benzene rings is 3. The van der Waals surface area contributed by atoms with Gasteiger partial charge >= 0.3 is 0 Å². The topological polar surface area (TPSA) is 120 Å². The second-order valence-electron chi connectivity index (χ2n) is 9.63. The Kier molecular flexibility index (Phi) is 8.06. The van der Waals surface area contributed by atoms with E-state index in [0.29, 0.717) is 19.5 Å². The number of nitrogens with zero attached hydrogens (tertiary/aromatic N) is 2. The summed E-state index contributed by atoms with van der Waals surface area (Å²) in [6.07, 6.45) is 2.15. The highest BCUT2D eigenvalue weighted by Crippen LogP contribution is 2.30. The number of likely N-dealkylation sites (tertiary alicyclic amines) is 1. The van der Waals surface area contributed by atoms with Crippen LogP contribution in [0.15, 0.2) is 71.6 Å². The molecule has 1 fully saturated rings. The molecule has 1 amide bonds. The van der Waals surface area contributed by atoms with Crippen LogP contribution in [0.4, 0.5) is 0 Å². The molecular formula is C27H32ClN5O3S. The highest BCUT2D eigenvalue weighted by molar-refractivity contribution is 7.89. The van der Waals surface area contributed by atoms with E-state index in [4.69, 9.17) is 11.1 Å². The molecule has 5 rings (SSSR count). The van der Waals surface area contributed by atoms with Gasteiger partial charge in [-0.1, -0.05) is 54.6 Å². The van der Waals surface area contributed by atoms with Gasteiger partial charge < -0.3 is 16.0 Å². The van der Waals surface area contributed by atoms with Gasteiger partial charge in [-0.3, -0.25) is 10.2 Å². The number of amides is 1. The normalized spacial score (nSPS) is 20.1. The summed E-state index contributed by atoms with van der Waals surface area (Å²) >= 11 is 0. The van der Waals surface area contributed by atoms with Crippen molar-refractivity contribution in [3.63, 3.8) is 0 Å². The van der Waals surface area contributed by atoms with Crippen molar-refractivity contribution >= 4 is 45.1 Å². The number of sulfonamides is 1. The number of hydrogen-bond acceptors (Lipinski definition) is 4. The molecule has 2 atom stereocenters. The largest absolute Gasteiger partial charge is 0.370 e. The second-order valence-corrected chi connectivity index (χ2v) is 11.5. The van der Waals surface area contributed by atoms with Gasteiger partial charge in [-0.15, -0.1) is 12.4 Å². The molecule has 10 heteroatoms. The van der Waals surface area contributed by atoms with Crippen molar-refractivity contribution in [3.8, 4) is 0 Å². The van der Waals surface area contributed by atoms with Crippen molar-refractivity contribution in [1.82, 2.24) is 14.5 Å². The number of guanidine groups is 1. The number of carbonyl (C=O) groups excluding carboxylic acids is 1. The fraction of sp³-hybridized carbons (Fsp3) is 0.333. The van der Waals surface area contributed by atoms with Gasteiger partial charge in [0, 0.05) is 26.2 Å². The third-order valence-electron chi connectivity index (χ3n) is 7.26. The molecule has 3 aromatic rings. The first-order valence-electron chi connectivity index (χ1n) is 12.3. The van der Waals surface area contributed by atoms with Crippen LogP contribution < -0.4 is 11.1 Å². The van der Waals surface area contributed by atoms with Crippen LogP contribution in [0.2, 0.25) is 0 Å². The van der Waals surface area contributed by atoms with E-state index in [1.54, 1.807) is 18.2 Å². The zero-order chi connectivity index (χ0) is 25.3. The molecule has 3 aromatic carbocycles. The quantitative estimate of drug-likeness (QED) is 0.339. The van der Waals surface area contributed by atoms with Crippen LogP contribution in [-0.4, -0.2) is 55.2 Å². The molecule has 37 heavy (non-hydrogen) atoms. The Morgan fingerprint density at radius 1 is 1.03 bits per heavy atom. The second kappa shape index (κ2) is 11.1. The Morgan fingerprint density at radius 2 is 1.73 bits per heavy atom. The van der Waals surface area contributed by atoms with Crippen LogP contribution in [0, 0.1) is 11.3 Å². The Hall–Kier alpha value is -3.14. The molecule has 0 radical (unpaired) electrons. The van der Waals surface area contributed by atoms with E-state index < -0.39 is 16.1 Å². The van der Waals surface area contributed by atoms with Crippen LogP contribution in [-0.2, 0) is 27.8 Å². The monoisotopic (exact) mass is 541 g/mol. The van der Waals surface area contributed by atoms with Gasteiger partial charge in [0.05, 0.1) is 4.90 Å². The number of hydrogen-bond donors (Lipinski definition) is 3. The minimum atomic E-state index is -3.93. The Balaban J connectivity index is 0.00000320. The van der Waals surface area contributed by atoms with E-state index in [2.05, 4.69) is 5.32 Å². The first kappa shape index (κ1) is 26.9. The van der Waals surface area contributed by atoms with Crippen LogP contribution in [0.5, 0.6) is 0 Å². The molecule has 8 nitrogen and oxygen atoms in total. The number of nitrogens with one attached hydrogen (secondary N) is 2. The summed E-state index contributed by atoms with van der Waals surface area (Å²) in [5.74, 6) is -0.0931. The van der Waals surface area contributed by atoms with E-state index in [1.807, 2.05) is 53.4 Å². The molecule has 4 N–H and O–H groups in total. The van der Waals surface area contributed by atoms with Gasteiger partial charge in [0.15, 0.2) is 5.96 Å². The minimum absolute atomic E-state index is 0. The standard InChI is InChI=1S/C27H31N5O3S.ClH/c28-27(29)31-13-5-6-19(17-31)16-30-26(33)25-15-22-9-3-4-10-23(22)18-32(25)36(34,35)24-12-11-20-7-1-2-8-21(20)14-24;/h1-4,7-12,14,19,25H,5-6,13,15-18H2,(H3,28,29)(H,30,33);1H/t19-,25+;/m1./s1. The van der Waals surface area contributed by atoms with E-state index in [1.165, 1.54) is 4.31 Å². The van der Waals surface area contributed by atoms with Crippen molar-refractivity contribution in [1.29, 1.82) is 5.41 Å². The van der Waals surface area contributed by atoms with E-state index in [0.717, 1.165) is 41.3 Å². The van der Waals surface area contributed by atoms with Crippen molar-refractivity contribution in [2.75, 3.05) is 19.6 Å². The maximum atomic E-state index is 13.9. The molecule has 0 bridgehead atoms. The Labute approximate surface area is 223 Å². The summed E-state index contributed by atoms with van der Waals surface area (Å²) in [5, 5.41) is 12.5. The number of halogens is 1. The molecule has 1 saturated heterocycles. The molecule has 2 aliphatic rings. The lowest BCUT2D eigenvalue weighted by molar-refractivity contribution is -0.125. The predicted molar refractivity (Wildman–Crippen MR) is 147 cm³/mol. The maximum Gasteiger partial charge on any atom is 0.244 e. The van der Waals surface area contributed by atoms with Gasteiger partial charge in [-0.05, 0) is 59.2 Å². The highest BCUT2D eigenvalue weighted by Gasteiger charge is 2.39. The Morgan fingerprint density at radius 3 is 2.49 bits per heavy atom. The fourth-order valence-corrected chi connectivity index (χ4v) is 6.85. The van der Waals surface area contributed by atoms with E-state index in [-0.39, 0.29) is 41.6 Å². The molecule has 196 valence electrons. The van der Waals surface area contributed by atoms with Gasteiger partial charge in [0.1, 0.15) is 6.04 Å². The molecule has 0 spiro atoms. The maximum absolute atomic E-state index is 13.9. The molecule has 0 unspecified atom stereocenters. The van der Waals surface area contributed by atoms with Crippen LogP contribution in [0.25, 0.3) is 10.8 Å². The lowest BCUT2D eigenvalue weighted by Crippen LogP contribution is -2.54.